The smallest absolute Gasteiger partial charge is 0.00518 e. The fourth-order valence-electron chi connectivity index (χ4n) is 1.97. The second-order valence-electron chi connectivity index (χ2n) is 4.21. The first kappa shape index (κ1) is 12.3. The van der Waals surface area contributed by atoms with Crippen LogP contribution in [-0.4, -0.2) is 13.6 Å². The Balaban J connectivity index is 2.33. The predicted octanol–water partition coefficient (Wildman–Crippen LogP) is 3.25. The molecule has 1 nitrogen and oxygen atoms in total. The van der Waals surface area contributed by atoms with Gasteiger partial charge in [-0.2, -0.15) is 0 Å². The highest BCUT2D eigenvalue weighted by Gasteiger charge is 2.06. The maximum Gasteiger partial charge on any atom is -0.00518 e. The van der Waals surface area contributed by atoms with Crippen LogP contribution in [0.25, 0.3) is 0 Å². The number of rotatable bonds is 7. The molecule has 1 heteroatoms. The highest BCUT2D eigenvalue weighted by molar-refractivity contribution is 5.15. The van der Waals surface area contributed by atoms with Crippen LogP contribution in [0.3, 0.4) is 0 Å². The summed E-state index contributed by atoms with van der Waals surface area (Å²) in [4.78, 5) is 0. The van der Waals surface area contributed by atoms with E-state index in [0.717, 1.165) is 12.5 Å². The molecule has 1 rings (SSSR count). The number of hydrogen-bond acceptors (Lipinski definition) is 1. The van der Waals surface area contributed by atoms with Crippen molar-refractivity contribution in [3.63, 3.8) is 0 Å². The molecule has 0 spiro atoms. The van der Waals surface area contributed by atoms with E-state index in [1.165, 1.54) is 31.2 Å². The van der Waals surface area contributed by atoms with Crippen LogP contribution in [-0.2, 0) is 6.42 Å². The van der Waals surface area contributed by atoms with Crippen LogP contribution < -0.4 is 5.32 Å². The van der Waals surface area contributed by atoms with Gasteiger partial charge in [0.1, 0.15) is 0 Å². The summed E-state index contributed by atoms with van der Waals surface area (Å²) in [5.74, 6) is 0.848. The number of hydrogen-bond donors (Lipinski definition) is 1. The van der Waals surface area contributed by atoms with Crippen molar-refractivity contribution >= 4 is 0 Å². The van der Waals surface area contributed by atoms with E-state index in [1.54, 1.807) is 0 Å². The molecule has 0 aromatic heterocycles. The first-order valence-corrected chi connectivity index (χ1v) is 6.05. The Bertz CT molecular complexity index is 243. The molecule has 0 aliphatic rings. The van der Waals surface area contributed by atoms with Gasteiger partial charge in [0.2, 0.25) is 0 Å². The summed E-state index contributed by atoms with van der Waals surface area (Å²) in [7, 11) is 2.03. The number of benzene rings is 1. The SMILES string of the molecule is CCC(CCCNC)Cc1ccccc1. The largest absolute Gasteiger partial charge is 0.320 e. The molecule has 84 valence electrons. The predicted molar refractivity (Wildman–Crippen MR) is 67.1 cm³/mol. The monoisotopic (exact) mass is 205 g/mol. The molecule has 0 saturated carbocycles. The molecular formula is C14H23N. The van der Waals surface area contributed by atoms with Crippen molar-refractivity contribution in [2.24, 2.45) is 5.92 Å². The van der Waals surface area contributed by atoms with E-state index in [4.69, 9.17) is 0 Å². The van der Waals surface area contributed by atoms with E-state index in [-0.39, 0.29) is 0 Å². The fraction of sp³-hybridized carbons (Fsp3) is 0.571. The van der Waals surface area contributed by atoms with Crippen molar-refractivity contribution in [3.8, 4) is 0 Å². The van der Waals surface area contributed by atoms with Gasteiger partial charge in [0.15, 0.2) is 0 Å². The Kier molecular flexibility index (Phi) is 6.10. The molecule has 0 amide bonds. The molecule has 1 N–H and O–H groups in total. The third kappa shape index (κ3) is 4.98. The van der Waals surface area contributed by atoms with Crippen molar-refractivity contribution < 1.29 is 0 Å². The second-order valence-corrected chi connectivity index (χ2v) is 4.21. The van der Waals surface area contributed by atoms with E-state index in [2.05, 4.69) is 42.6 Å². The third-order valence-corrected chi connectivity index (χ3v) is 2.98. The molecule has 0 saturated heterocycles. The minimum absolute atomic E-state index is 0.848. The summed E-state index contributed by atoms with van der Waals surface area (Å²) in [5, 5.41) is 3.21. The third-order valence-electron chi connectivity index (χ3n) is 2.98. The minimum Gasteiger partial charge on any atom is -0.320 e. The summed E-state index contributed by atoms with van der Waals surface area (Å²) < 4.78 is 0. The Morgan fingerprint density at radius 3 is 2.53 bits per heavy atom. The molecule has 1 aromatic carbocycles. The maximum atomic E-state index is 3.21. The normalized spacial score (nSPS) is 12.7. The molecule has 0 aliphatic carbocycles. The van der Waals surface area contributed by atoms with E-state index >= 15 is 0 Å². The lowest BCUT2D eigenvalue weighted by molar-refractivity contribution is 0.448. The van der Waals surface area contributed by atoms with Crippen LogP contribution in [0, 0.1) is 5.92 Å². The molecular weight excluding hydrogens is 182 g/mol. The van der Waals surface area contributed by atoms with Crippen molar-refractivity contribution in [1.29, 1.82) is 0 Å². The van der Waals surface area contributed by atoms with Gasteiger partial charge in [-0.1, -0.05) is 43.7 Å². The molecule has 0 fully saturated rings. The van der Waals surface area contributed by atoms with Gasteiger partial charge in [0.25, 0.3) is 0 Å². The minimum atomic E-state index is 0.848. The molecule has 0 bridgehead atoms. The Morgan fingerprint density at radius 1 is 1.20 bits per heavy atom. The zero-order valence-electron chi connectivity index (χ0n) is 10.00. The lowest BCUT2D eigenvalue weighted by Gasteiger charge is -2.14. The lowest BCUT2D eigenvalue weighted by atomic mass is 9.92. The first-order chi connectivity index (χ1) is 7.36. The average Bonchev–Trinajstić information content (AvgIpc) is 2.29. The van der Waals surface area contributed by atoms with Crippen LogP contribution in [0.4, 0.5) is 0 Å². The first-order valence-electron chi connectivity index (χ1n) is 6.05. The molecule has 1 atom stereocenters. The van der Waals surface area contributed by atoms with Crippen molar-refractivity contribution in [3.05, 3.63) is 35.9 Å². The van der Waals surface area contributed by atoms with E-state index in [9.17, 15) is 0 Å². The topological polar surface area (TPSA) is 12.0 Å². The van der Waals surface area contributed by atoms with E-state index in [1.807, 2.05) is 7.05 Å². The Morgan fingerprint density at radius 2 is 1.93 bits per heavy atom. The van der Waals surface area contributed by atoms with Crippen LogP contribution in [0.5, 0.6) is 0 Å². The van der Waals surface area contributed by atoms with E-state index < -0.39 is 0 Å². The van der Waals surface area contributed by atoms with Crippen LogP contribution in [0.2, 0.25) is 0 Å². The zero-order valence-corrected chi connectivity index (χ0v) is 10.00. The Labute approximate surface area is 93.9 Å². The van der Waals surface area contributed by atoms with Gasteiger partial charge >= 0.3 is 0 Å². The highest BCUT2D eigenvalue weighted by atomic mass is 14.8. The quantitative estimate of drug-likeness (QED) is 0.674. The number of nitrogens with one attached hydrogen (secondary N) is 1. The summed E-state index contributed by atoms with van der Waals surface area (Å²) in [6.45, 7) is 3.44. The molecule has 0 heterocycles. The standard InChI is InChI=1S/C14H23N/c1-3-13(10-7-11-15-2)12-14-8-5-4-6-9-14/h4-6,8-9,13,15H,3,7,10-12H2,1-2H3. The molecule has 1 aromatic rings. The van der Waals surface area contributed by atoms with Crippen LogP contribution in [0.15, 0.2) is 30.3 Å². The van der Waals surface area contributed by atoms with Crippen molar-refractivity contribution in [1.82, 2.24) is 5.32 Å². The molecule has 15 heavy (non-hydrogen) atoms. The van der Waals surface area contributed by atoms with Gasteiger partial charge in [-0.25, -0.2) is 0 Å². The van der Waals surface area contributed by atoms with Gasteiger partial charge in [-0.15, -0.1) is 0 Å². The molecule has 0 aliphatic heterocycles. The fourth-order valence-corrected chi connectivity index (χ4v) is 1.97. The second kappa shape index (κ2) is 7.47. The van der Waals surface area contributed by atoms with Crippen molar-refractivity contribution in [2.75, 3.05) is 13.6 Å². The van der Waals surface area contributed by atoms with E-state index in [0.29, 0.717) is 0 Å². The summed E-state index contributed by atoms with van der Waals surface area (Å²) in [5.41, 5.74) is 1.48. The van der Waals surface area contributed by atoms with Crippen molar-refractivity contribution in [2.45, 2.75) is 32.6 Å². The zero-order chi connectivity index (χ0) is 10.9. The Hall–Kier alpha value is -0.820. The van der Waals surface area contributed by atoms with Gasteiger partial charge in [0.05, 0.1) is 0 Å². The summed E-state index contributed by atoms with van der Waals surface area (Å²) in [6.07, 6.45) is 5.16. The lowest BCUT2D eigenvalue weighted by Crippen LogP contribution is -2.11. The van der Waals surface area contributed by atoms with Gasteiger partial charge in [-0.3, -0.25) is 0 Å². The van der Waals surface area contributed by atoms with Gasteiger partial charge < -0.3 is 5.32 Å². The van der Waals surface area contributed by atoms with Gasteiger partial charge in [0, 0.05) is 0 Å². The highest BCUT2D eigenvalue weighted by Crippen LogP contribution is 2.16. The summed E-state index contributed by atoms with van der Waals surface area (Å²) >= 11 is 0. The van der Waals surface area contributed by atoms with Crippen LogP contribution >= 0.6 is 0 Å². The average molecular weight is 205 g/mol. The van der Waals surface area contributed by atoms with Crippen LogP contribution in [0.1, 0.15) is 31.7 Å². The van der Waals surface area contributed by atoms with Gasteiger partial charge in [-0.05, 0) is 44.3 Å². The maximum absolute atomic E-state index is 3.21. The summed E-state index contributed by atoms with van der Waals surface area (Å²) in [6, 6.07) is 10.8. The molecule has 0 radical (unpaired) electrons. The molecule has 1 unspecified atom stereocenters.